The van der Waals surface area contributed by atoms with Crippen LogP contribution in [0.3, 0.4) is 0 Å². The van der Waals surface area contributed by atoms with Gasteiger partial charge in [0.15, 0.2) is 0 Å². The monoisotopic (exact) mass is 470 g/mol. The van der Waals surface area contributed by atoms with Gasteiger partial charge in [-0.05, 0) is 18.8 Å². The van der Waals surface area contributed by atoms with Crippen LogP contribution in [-0.4, -0.2) is 22.2 Å². The van der Waals surface area contributed by atoms with Gasteiger partial charge in [0.25, 0.3) is 0 Å². The number of rotatable bonds is 24. The standard InChI is InChI=1S/C17H34O2.C12H24O2/c1-3-16(2)14-12-10-8-6-4-5-7-9-11-13-15-17(18)19;1-2-3-4-5-6-7-8-9-10-11-12(13)14/h16H,3-15H2,1-2H3,(H,18,19);2-11H2,1H3,(H,13,14). The average Bonchev–Trinajstić information content (AvgIpc) is 2.78. The molecule has 2 N–H and O–H groups in total. The molecule has 0 aromatic rings. The molecule has 0 rings (SSSR count). The van der Waals surface area contributed by atoms with E-state index >= 15 is 0 Å². The van der Waals surface area contributed by atoms with Crippen molar-refractivity contribution in [3.05, 3.63) is 0 Å². The van der Waals surface area contributed by atoms with E-state index in [1.807, 2.05) is 0 Å². The second kappa shape index (κ2) is 29.0. The normalized spacial score (nSPS) is 11.6. The van der Waals surface area contributed by atoms with Crippen molar-refractivity contribution in [1.29, 1.82) is 0 Å². The highest BCUT2D eigenvalue weighted by atomic mass is 16.4. The summed E-state index contributed by atoms with van der Waals surface area (Å²) in [7, 11) is 0. The van der Waals surface area contributed by atoms with Crippen molar-refractivity contribution in [1.82, 2.24) is 0 Å². The Kier molecular flexibility index (Phi) is 29.9. The van der Waals surface area contributed by atoms with Crippen LogP contribution < -0.4 is 0 Å². The third-order valence-electron chi connectivity index (χ3n) is 6.53. The zero-order chi connectivity index (χ0) is 25.0. The predicted octanol–water partition coefficient (Wildman–Crippen LogP) is 9.79. The molecule has 1 atom stereocenters. The van der Waals surface area contributed by atoms with E-state index in [1.54, 1.807) is 0 Å². The van der Waals surface area contributed by atoms with Gasteiger partial charge in [-0.15, -0.1) is 0 Å². The van der Waals surface area contributed by atoms with Crippen LogP contribution in [0.2, 0.25) is 0 Å². The van der Waals surface area contributed by atoms with Gasteiger partial charge >= 0.3 is 11.9 Å². The molecule has 4 heteroatoms. The number of carbonyl (C=O) groups is 2. The lowest BCUT2D eigenvalue weighted by Crippen LogP contribution is -1.93. The number of unbranched alkanes of at least 4 members (excludes halogenated alkanes) is 17. The first kappa shape index (κ1) is 34.1. The third kappa shape index (κ3) is 35.7. The van der Waals surface area contributed by atoms with Crippen LogP contribution >= 0.6 is 0 Å². The van der Waals surface area contributed by atoms with E-state index < -0.39 is 11.9 Å². The third-order valence-corrected chi connectivity index (χ3v) is 6.53. The Labute approximate surface area is 206 Å². The van der Waals surface area contributed by atoms with E-state index in [-0.39, 0.29) is 0 Å². The van der Waals surface area contributed by atoms with Gasteiger partial charge in [-0.2, -0.15) is 0 Å². The molecule has 0 aromatic carbocycles. The lowest BCUT2D eigenvalue weighted by molar-refractivity contribution is -0.138. The Morgan fingerprint density at radius 1 is 0.515 bits per heavy atom. The van der Waals surface area contributed by atoms with Crippen LogP contribution in [-0.2, 0) is 9.59 Å². The van der Waals surface area contributed by atoms with E-state index in [4.69, 9.17) is 10.2 Å². The van der Waals surface area contributed by atoms with Gasteiger partial charge in [-0.3, -0.25) is 9.59 Å². The van der Waals surface area contributed by atoms with Gasteiger partial charge in [0.2, 0.25) is 0 Å². The Balaban J connectivity index is 0. The van der Waals surface area contributed by atoms with E-state index in [0.717, 1.165) is 31.6 Å². The van der Waals surface area contributed by atoms with Crippen LogP contribution in [0.5, 0.6) is 0 Å². The Morgan fingerprint density at radius 3 is 1.12 bits per heavy atom. The van der Waals surface area contributed by atoms with E-state index in [2.05, 4.69) is 20.8 Å². The molecule has 0 aliphatic heterocycles. The van der Waals surface area contributed by atoms with Crippen molar-refractivity contribution < 1.29 is 19.8 Å². The van der Waals surface area contributed by atoms with Gasteiger partial charge < -0.3 is 10.2 Å². The van der Waals surface area contributed by atoms with E-state index in [0.29, 0.717) is 12.8 Å². The summed E-state index contributed by atoms with van der Waals surface area (Å²) in [5.74, 6) is -0.406. The van der Waals surface area contributed by atoms with Crippen molar-refractivity contribution >= 4 is 11.9 Å². The summed E-state index contributed by atoms with van der Waals surface area (Å²) < 4.78 is 0. The first-order valence-corrected chi connectivity index (χ1v) is 14.4. The van der Waals surface area contributed by atoms with Crippen LogP contribution in [0.15, 0.2) is 0 Å². The van der Waals surface area contributed by atoms with Crippen molar-refractivity contribution in [2.75, 3.05) is 0 Å². The van der Waals surface area contributed by atoms with Crippen LogP contribution in [0.4, 0.5) is 0 Å². The predicted molar refractivity (Wildman–Crippen MR) is 142 cm³/mol. The summed E-state index contributed by atoms with van der Waals surface area (Å²) in [4.78, 5) is 20.5. The van der Waals surface area contributed by atoms with Crippen molar-refractivity contribution in [2.24, 2.45) is 5.92 Å². The molecule has 0 saturated heterocycles. The maximum absolute atomic E-state index is 10.3. The fourth-order valence-electron chi connectivity index (χ4n) is 3.97. The van der Waals surface area contributed by atoms with Crippen molar-refractivity contribution in [3.8, 4) is 0 Å². The second-order valence-corrected chi connectivity index (χ2v) is 9.95. The van der Waals surface area contributed by atoms with Crippen LogP contribution in [0.1, 0.15) is 168 Å². The summed E-state index contributed by atoms with van der Waals surface area (Å²) in [6.07, 6.45) is 27.3. The highest BCUT2D eigenvalue weighted by Crippen LogP contribution is 2.15. The minimum atomic E-state index is -0.659. The van der Waals surface area contributed by atoms with Gasteiger partial charge in [0.1, 0.15) is 0 Å². The van der Waals surface area contributed by atoms with Gasteiger partial charge in [0, 0.05) is 12.8 Å². The molecular formula is C29H58O4. The fourth-order valence-corrected chi connectivity index (χ4v) is 3.97. The molecule has 0 amide bonds. The van der Waals surface area contributed by atoms with Gasteiger partial charge in [-0.1, -0.05) is 143 Å². The number of aliphatic carboxylic acids is 2. The molecule has 0 heterocycles. The number of carboxylic acids is 2. The highest BCUT2D eigenvalue weighted by Gasteiger charge is 1.99. The van der Waals surface area contributed by atoms with Crippen LogP contribution in [0.25, 0.3) is 0 Å². The molecule has 1 unspecified atom stereocenters. The summed E-state index contributed by atoms with van der Waals surface area (Å²) >= 11 is 0. The molecule has 0 aromatic heterocycles. The van der Waals surface area contributed by atoms with Crippen molar-refractivity contribution in [2.45, 2.75) is 168 Å². The summed E-state index contributed by atoms with van der Waals surface area (Å²) in [5, 5.41) is 16.9. The molecule has 0 aliphatic rings. The fraction of sp³-hybridized carbons (Fsp3) is 0.931. The summed E-state index contributed by atoms with van der Waals surface area (Å²) in [5.41, 5.74) is 0. The molecule has 4 nitrogen and oxygen atoms in total. The SMILES string of the molecule is CCC(C)CCCCCCCCCCCCC(=O)O.CCCCCCCCCCCC(=O)O. The smallest absolute Gasteiger partial charge is 0.303 e. The van der Waals surface area contributed by atoms with Crippen molar-refractivity contribution in [3.63, 3.8) is 0 Å². The molecule has 0 aliphatic carbocycles. The minimum absolute atomic E-state index is 0.343. The first-order chi connectivity index (χ1) is 15.9. The lowest BCUT2D eigenvalue weighted by Gasteiger charge is -2.07. The van der Waals surface area contributed by atoms with Crippen LogP contribution in [0, 0.1) is 5.92 Å². The van der Waals surface area contributed by atoms with Gasteiger partial charge in [-0.25, -0.2) is 0 Å². The molecule has 33 heavy (non-hydrogen) atoms. The molecule has 198 valence electrons. The molecule has 0 fully saturated rings. The second-order valence-electron chi connectivity index (χ2n) is 9.95. The zero-order valence-corrected chi connectivity index (χ0v) is 22.6. The van der Waals surface area contributed by atoms with Gasteiger partial charge in [0.05, 0.1) is 0 Å². The highest BCUT2D eigenvalue weighted by molar-refractivity contribution is 5.66. The first-order valence-electron chi connectivity index (χ1n) is 14.4. The average molecular weight is 471 g/mol. The quantitative estimate of drug-likeness (QED) is 0.138. The molecule has 0 radical (unpaired) electrons. The topological polar surface area (TPSA) is 74.6 Å². The Hall–Kier alpha value is -1.06. The maximum atomic E-state index is 10.3. The Bertz CT molecular complexity index is 408. The number of hydrogen-bond acceptors (Lipinski definition) is 2. The minimum Gasteiger partial charge on any atom is -0.481 e. The lowest BCUT2D eigenvalue weighted by atomic mass is 9.99. The summed E-state index contributed by atoms with van der Waals surface area (Å²) in [6.45, 7) is 6.86. The van der Waals surface area contributed by atoms with E-state index in [1.165, 1.54) is 109 Å². The summed E-state index contributed by atoms with van der Waals surface area (Å²) in [6, 6.07) is 0. The largest absolute Gasteiger partial charge is 0.481 e. The maximum Gasteiger partial charge on any atom is 0.303 e. The molecule has 0 spiro atoms. The Morgan fingerprint density at radius 2 is 0.818 bits per heavy atom. The molecule has 0 saturated carbocycles. The molecule has 0 bridgehead atoms. The number of carboxylic acid groups (broad SMARTS) is 2. The number of hydrogen-bond donors (Lipinski definition) is 2. The molecular weight excluding hydrogens is 412 g/mol. The van der Waals surface area contributed by atoms with E-state index in [9.17, 15) is 9.59 Å². The zero-order valence-electron chi connectivity index (χ0n) is 22.6.